The van der Waals surface area contributed by atoms with Crippen LogP contribution in [0.25, 0.3) is 0 Å². The second-order valence-electron chi connectivity index (χ2n) is 4.57. The standard InChI is InChI=1S/C11H26N2O3Si/c1-9(2)13(10(3)4)12-11(14)7-8-17(15-5)16-6/h9-10,17H,7-8H2,1-6H3,(H,12,14). The van der Waals surface area contributed by atoms with Crippen molar-refractivity contribution in [3.05, 3.63) is 0 Å². The molecule has 6 heteroatoms. The first-order chi connectivity index (χ1) is 7.92. The number of carbonyl (C=O) groups excluding carboxylic acids is 1. The number of amides is 1. The van der Waals surface area contributed by atoms with Gasteiger partial charge in [-0.1, -0.05) is 0 Å². The van der Waals surface area contributed by atoms with E-state index in [2.05, 4.69) is 33.1 Å². The average molecular weight is 262 g/mol. The summed E-state index contributed by atoms with van der Waals surface area (Å²) in [7, 11) is 1.64. The van der Waals surface area contributed by atoms with Gasteiger partial charge in [0.25, 0.3) is 0 Å². The predicted octanol–water partition coefficient (Wildman–Crippen LogP) is 1.04. The van der Waals surface area contributed by atoms with Crippen LogP contribution in [0.5, 0.6) is 0 Å². The van der Waals surface area contributed by atoms with Crippen molar-refractivity contribution in [2.75, 3.05) is 14.2 Å². The Kier molecular flexibility index (Phi) is 8.41. The lowest BCUT2D eigenvalue weighted by molar-refractivity contribution is -0.127. The summed E-state index contributed by atoms with van der Waals surface area (Å²) in [6, 6.07) is 1.27. The van der Waals surface area contributed by atoms with Gasteiger partial charge in [-0.25, -0.2) is 5.01 Å². The van der Waals surface area contributed by atoms with Gasteiger partial charge in [-0.15, -0.1) is 0 Å². The molecule has 0 radical (unpaired) electrons. The largest absolute Gasteiger partial charge is 0.400 e. The number of nitrogens with zero attached hydrogens (tertiary/aromatic N) is 1. The quantitative estimate of drug-likeness (QED) is 0.524. The lowest BCUT2D eigenvalue weighted by atomic mass is 10.3. The number of hydrogen-bond donors (Lipinski definition) is 1. The lowest BCUT2D eigenvalue weighted by Crippen LogP contribution is -2.50. The molecule has 0 spiro atoms. The molecule has 0 aliphatic heterocycles. The summed E-state index contributed by atoms with van der Waals surface area (Å²) < 4.78 is 10.3. The molecule has 0 heterocycles. The molecule has 0 rings (SSSR count). The summed E-state index contributed by atoms with van der Waals surface area (Å²) in [5, 5.41) is 1.96. The van der Waals surface area contributed by atoms with Crippen molar-refractivity contribution in [3.63, 3.8) is 0 Å². The first kappa shape index (κ1) is 16.6. The molecule has 17 heavy (non-hydrogen) atoms. The van der Waals surface area contributed by atoms with Gasteiger partial charge >= 0.3 is 9.28 Å². The molecule has 0 bridgehead atoms. The Balaban J connectivity index is 4.07. The average Bonchev–Trinajstić information content (AvgIpc) is 2.26. The van der Waals surface area contributed by atoms with E-state index >= 15 is 0 Å². The molecule has 0 aliphatic rings. The van der Waals surface area contributed by atoms with E-state index < -0.39 is 9.28 Å². The zero-order valence-corrected chi connectivity index (χ0v) is 13.0. The zero-order chi connectivity index (χ0) is 13.4. The Morgan fingerprint density at radius 2 is 1.65 bits per heavy atom. The molecule has 0 aromatic heterocycles. The van der Waals surface area contributed by atoms with Gasteiger partial charge in [0.15, 0.2) is 0 Å². The highest BCUT2D eigenvalue weighted by molar-refractivity contribution is 6.44. The highest BCUT2D eigenvalue weighted by Crippen LogP contribution is 2.03. The normalized spacial score (nSPS) is 11.9. The van der Waals surface area contributed by atoms with Gasteiger partial charge in [0.05, 0.1) is 0 Å². The van der Waals surface area contributed by atoms with E-state index in [1.807, 2.05) is 5.01 Å². The van der Waals surface area contributed by atoms with Crippen molar-refractivity contribution in [2.24, 2.45) is 0 Å². The maximum atomic E-state index is 11.8. The molecule has 102 valence electrons. The van der Waals surface area contributed by atoms with E-state index in [9.17, 15) is 4.79 Å². The summed E-state index contributed by atoms with van der Waals surface area (Å²) in [5.74, 6) is 0.0269. The molecule has 0 fully saturated rings. The topological polar surface area (TPSA) is 50.8 Å². The molecule has 0 aromatic carbocycles. The SMILES string of the molecule is CO[SiH](CCC(=O)NN(C(C)C)C(C)C)OC. The van der Waals surface area contributed by atoms with Crippen molar-refractivity contribution in [2.45, 2.75) is 52.2 Å². The second-order valence-corrected chi connectivity index (χ2v) is 6.95. The van der Waals surface area contributed by atoms with E-state index in [-0.39, 0.29) is 18.0 Å². The molecule has 0 aliphatic carbocycles. The first-order valence-corrected chi connectivity index (χ1v) is 7.81. The Morgan fingerprint density at radius 3 is 2.00 bits per heavy atom. The van der Waals surface area contributed by atoms with Crippen LogP contribution in [0, 0.1) is 0 Å². The number of hydrazine groups is 1. The van der Waals surface area contributed by atoms with E-state index in [0.717, 1.165) is 0 Å². The smallest absolute Gasteiger partial charge is 0.321 e. The third-order valence-electron chi connectivity index (χ3n) is 2.50. The molecular weight excluding hydrogens is 236 g/mol. The van der Waals surface area contributed by atoms with Crippen LogP contribution in [0.15, 0.2) is 0 Å². The minimum atomic E-state index is -1.62. The molecular formula is C11H26N2O3Si. The summed E-state index contributed by atoms with van der Waals surface area (Å²) in [6.07, 6.45) is 0.453. The maximum Gasteiger partial charge on any atom is 0.321 e. The van der Waals surface area contributed by atoms with Gasteiger partial charge in [-0.2, -0.15) is 0 Å². The van der Waals surface area contributed by atoms with Crippen molar-refractivity contribution in [1.29, 1.82) is 0 Å². The van der Waals surface area contributed by atoms with Gasteiger partial charge in [0.2, 0.25) is 5.91 Å². The van der Waals surface area contributed by atoms with Crippen LogP contribution < -0.4 is 5.43 Å². The number of hydrogen-bond acceptors (Lipinski definition) is 4. The van der Waals surface area contributed by atoms with Gasteiger partial charge in [0, 0.05) is 32.7 Å². The van der Waals surface area contributed by atoms with Crippen LogP contribution in [0.3, 0.4) is 0 Å². The van der Waals surface area contributed by atoms with Crippen LogP contribution in [0.4, 0.5) is 0 Å². The fraction of sp³-hybridized carbons (Fsp3) is 0.909. The first-order valence-electron chi connectivity index (χ1n) is 6.05. The van der Waals surface area contributed by atoms with E-state index in [1.54, 1.807) is 14.2 Å². The molecule has 1 amide bonds. The number of nitrogens with one attached hydrogen (secondary N) is 1. The fourth-order valence-electron chi connectivity index (χ4n) is 1.64. The summed E-state index contributed by atoms with van der Waals surface area (Å²) in [6.45, 7) is 8.23. The van der Waals surface area contributed by atoms with Crippen molar-refractivity contribution in [3.8, 4) is 0 Å². The van der Waals surface area contributed by atoms with Crippen molar-refractivity contribution >= 4 is 15.2 Å². The van der Waals surface area contributed by atoms with Gasteiger partial charge in [0.1, 0.15) is 0 Å². The summed E-state index contributed by atoms with van der Waals surface area (Å²) in [5.41, 5.74) is 2.92. The Hall–Kier alpha value is -0.433. The molecule has 0 saturated carbocycles. The summed E-state index contributed by atoms with van der Waals surface area (Å²) >= 11 is 0. The van der Waals surface area contributed by atoms with Crippen LogP contribution in [0.1, 0.15) is 34.1 Å². The maximum absolute atomic E-state index is 11.8. The van der Waals surface area contributed by atoms with Crippen LogP contribution in [0.2, 0.25) is 6.04 Å². The molecule has 0 unspecified atom stereocenters. The molecule has 1 N–H and O–H groups in total. The number of carbonyl (C=O) groups is 1. The third-order valence-corrected chi connectivity index (χ3v) is 4.31. The molecule has 5 nitrogen and oxygen atoms in total. The number of rotatable bonds is 8. The minimum absolute atomic E-state index is 0.0269. The van der Waals surface area contributed by atoms with Gasteiger partial charge < -0.3 is 8.85 Å². The highest BCUT2D eigenvalue weighted by Gasteiger charge is 2.17. The van der Waals surface area contributed by atoms with Gasteiger partial charge in [-0.3, -0.25) is 10.2 Å². The lowest BCUT2D eigenvalue weighted by Gasteiger charge is -2.30. The van der Waals surface area contributed by atoms with Gasteiger partial charge in [-0.05, 0) is 33.7 Å². The summed E-state index contributed by atoms with van der Waals surface area (Å²) in [4.78, 5) is 11.8. The Morgan fingerprint density at radius 1 is 1.18 bits per heavy atom. The van der Waals surface area contributed by atoms with Crippen molar-refractivity contribution in [1.82, 2.24) is 10.4 Å². The van der Waals surface area contributed by atoms with Crippen LogP contribution >= 0.6 is 0 Å². The minimum Gasteiger partial charge on any atom is -0.400 e. The van der Waals surface area contributed by atoms with Crippen molar-refractivity contribution < 1.29 is 13.6 Å². The molecule has 0 saturated heterocycles. The zero-order valence-electron chi connectivity index (χ0n) is 11.8. The Labute approximate surface area is 106 Å². The second kappa shape index (κ2) is 8.63. The Bertz CT molecular complexity index is 213. The monoisotopic (exact) mass is 262 g/mol. The van der Waals surface area contributed by atoms with E-state index in [4.69, 9.17) is 8.85 Å². The van der Waals surface area contributed by atoms with E-state index in [1.165, 1.54) is 0 Å². The highest BCUT2D eigenvalue weighted by atomic mass is 28.3. The van der Waals surface area contributed by atoms with Crippen LogP contribution in [-0.4, -0.2) is 46.5 Å². The third kappa shape index (κ3) is 6.77. The fourth-order valence-corrected chi connectivity index (χ4v) is 2.80. The van der Waals surface area contributed by atoms with Crippen LogP contribution in [-0.2, 0) is 13.6 Å². The molecule has 0 aromatic rings. The van der Waals surface area contributed by atoms with E-state index in [0.29, 0.717) is 12.5 Å². The predicted molar refractivity (Wildman–Crippen MR) is 70.8 cm³/mol. The molecule has 0 atom stereocenters.